The summed E-state index contributed by atoms with van der Waals surface area (Å²) in [5.41, 5.74) is 2.44. The van der Waals surface area contributed by atoms with E-state index in [1.54, 1.807) is 0 Å². The average Bonchev–Trinajstić information content (AvgIpc) is 2.05. The molecule has 0 amide bonds. The van der Waals surface area contributed by atoms with Crippen LogP contribution in [0.5, 0.6) is 0 Å². The van der Waals surface area contributed by atoms with Gasteiger partial charge in [-0.25, -0.2) is 0 Å². The molecule has 1 aliphatic heterocycles. The molecule has 0 aromatic carbocycles. The first kappa shape index (κ1) is 5.59. The smallest absolute Gasteiger partial charge is 0.108 e. The number of hydrogen-bond acceptors (Lipinski definition) is 1. The summed E-state index contributed by atoms with van der Waals surface area (Å²) in [6, 6.07) is 0. The predicted molar refractivity (Wildman–Crippen MR) is 40.1 cm³/mol. The first-order valence-electron chi connectivity index (χ1n) is 3.44. The maximum absolute atomic E-state index is 4.28. The lowest BCUT2D eigenvalue weighted by molar-refractivity contribution is 0.686. The zero-order valence-electron chi connectivity index (χ0n) is 5.67. The van der Waals surface area contributed by atoms with Crippen LogP contribution >= 0.6 is 0 Å². The molecular weight excluding hydrogens is 124 g/mol. The van der Waals surface area contributed by atoms with Crippen molar-refractivity contribution in [1.82, 2.24) is 10.6 Å². The summed E-state index contributed by atoms with van der Waals surface area (Å²) in [5, 5.41) is 7.36. The Labute approximate surface area is 60.3 Å². The van der Waals surface area contributed by atoms with Gasteiger partial charge >= 0.3 is 0 Å². The van der Waals surface area contributed by atoms with Crippen LogP contribution in [0.1, 0.15) is 6.42 Å². The molecule has 2 aliphatic rings. The molecule has 2 rings (SSSR count). The molecule has 0 atom stereocenters. The Morgan fingerprint density at radius 2 is 2.50 bits per heavy atom. The number of allylic oxidation sites excluding steroid dienone is 4. The van der Waals surface area contributed by atoms with Crippen LogP contribution in [0, 0.1) is 0 Å². The van der Waals surface area contributed by atoms with Crippen molar-refractivity contribution >= 4 is 0 Å². The highest BCUT2D eigenvalue weighted by Gasteiger charge is 2.09. The first-order valence-corrected chi connectivity index (χ1v) is 3.44. The topological polar surface area (TPSA) is 26.1 Å². The highest BCUT2D eigenvalue weighted by atomic mass is 15.1. The summed E-state index contributed by atoms with van der Waals surface area (Å²) in [5.74, 6) is 0. The largest absolute Gasteiger partial charge is 0.372 e. The SMILES string of the molecule is C1=CCC2=CNC[N]C2=C1. The van der Waals surface area contributed by atoms with Gasteiger partial charge in [-0.3, -0.25) is 5.32 Å². The van der Waals surface area contributed by atoms with Gasteiger partial charge in [-0.15, -0.1) is 0 Å². The quantitative estimate of drug-likeness (QED) is 0.521. The second-order valence-corrected chi connectivity index (χ2v) is 2.37. The maximum atomic E-state index is 4.28. The molecule has 0 aromatic rings. The fourth-order valence-corrected chi connectivity index (χ4v) is 1.15. The van der Waals surface area contributed by atoms with Gasteiger partial charge in [0.2, 0.25) is 0 Å². The molecular formula is C8H9N2. The molecule has 0 spiro atoms. The molecule has 2 heteroatoms. The molecule has 2 nitrogen and oxygen atoms in total. The van der Waals surface area contributed by atoms with Gasteiger partial charge in [-0.2, -0.15) is 0 Å². The van der Waals surface area contributed by atoms with Crippen LogP contribution in [-0.4, -0.2) is 6.67 Å². The number of nitrogens with one attached hydrogen (secondary N) is 1. The summed E-state index contributed by atoms with van der Waals surface area (Å²) < 4.78 is 0. The Hall–Kier alpha value is -1.18. The number of hydrogen-bond donors (Lipinski definition) is 1. The maximum Gasteiger partial charge on any atom is 0.108 e. The summed E-state index contributed by atoms with van der Waals surface area (Å²) in [7, 11) is 0. The number of fused-ring (bicyclic) bond motifs is 1. The third-order valence-electron chi connectivity index (χ3n) is 1.67. The molecule has 1 N–H and O–H groups in total. The summed E-state index contributed by atoms with van der Waals surface area (Å²) in [4.78, 5) is 0. The van der Waals surface area contributed by atoms with Crippen LogP contribution in [-0.2, 0) is 0 Å². The zero-order chi connectivity index (χ0) is 6.81. The van der Waals surface area contributed by atoms with Gasteiger partial charge in [0.1, 0.15) is 6.67 Å². The van der Waals surface area contributed by atoms with E-state index in [-0.39, 0.29) is 0 Å². The Kier molecular flexibility index (Phi) is 1.24. The van der Waals surface area contributed by atoms with Gasteiger partial charge in [0.25, 0.3) is 0 Å². The fourth-order valence-electron chi connectivity index (χ4n) is 1.15. The molecule has 0 unspecified atom stereocenters. The van der Waals surface area contributed by atoms with E-state index in [4.69, 9.17) is 0 Å². The van der Waals surface area contributed by atoms with Crippen LogP contribution in [0.4, 0.5) is 0 Å². The van der Waals surface area contributed by atoms with E-state index in [1.807, 2.05) is 6.20 Å². The highest BCUT2D eigenvalue weighted by molar-refractivity contribution is 5.38. The van der Waals surface area contributed by atoms with E-state index in [0.717, 1.165) is 18.8 Å². The van der Waals surface area contributed by atoms with Crippen LogP contribution in [0.2, 0.25) is 0 Å². The zero-order valence-corrected chi connectivity index (χ0v) is 5.67. The standard InChI is InChI=1S/C8H9N2/c1-2-4-8-7(3-1)5-9-6-10-8/h1-2,4-5,9H,3,6H2. The van der Waals surface area contributed by atoms with Crippen molar-refractivity contribution < 1.29 is 0 Å². The lowest BCUT2D eigenvalue weighted by atomic mass is 10.0. The van der Waals surface area contributed by atoms with Crippen molar-refractivity contribution in [2.45, 2.75) is 6.42 Å². The Morgan fingerprint density at radius 3 is 3.40 bits per heavy atom. The van der Waals surface area contributed by atoms with Crippen molar-refractivity contribution in [3.05, 3.63) is 35.7 Å². The molecule has 0 aromatic heterocycles. The third-order valence-corrected chi connectivity index (χ3v) is 1.67. The molecule has 1 aliphatic carbocycles. The molecule has 0 fully saturated rings. The van der Waals surface area contributed by atoms with Gasteiger partial charge in [0.15, 0.2) is 0 Å². The molecule has 10 heavy (non-hydrogen) atoms. The van der Waals surface area contributed by atoms with Crippen molar-refractivity contribution in [3.8, 4) is 0 Å². The van der Waals surface area contributed by atoms with E-state index in [2.05, 4.69) is 28.9 Å². The lowest BCUT2D eigenvalue weighted by Gasteiger charge is -2.18. The minimum Gasteiger partial charge on any atom is -0.372 e. The highest BCUT2D eigenvalue weighted by Crippen LogP contribution is 2.18. The van der Waals surface area contributed by atoms with Crippen molar-refractivity contribution in [1.29, 1.82) is 0 Å². The predicted octanol–water partition coefficient (Wildman–Crippen LogP) is 0.879. The third kappa shape index (κ3) is 0.817. The van der Waals surface area contributed by atoms with Crippen molar-refractivity contribution in [2.75, 3.05) is 6.67 Å². The van der Waals surface area contributed by atoms with Crippen LogP contribution < -0.4 is 10.6 Å². The molecule has 1 radical (unpaired) electrons. The second-order valence-electron chi connectivity index (χ2n) is 2.37. The molecule has 51 valence electrons. The minimum absolute atomic E-state index is 0.725. The van der Waals surface area contributed by atoms with Crippen LogP contribution in [0.15, 0.2) is 35.7 Å². The number of nitrogens with zero attached hydrogens (tertiary/aromatic N) is 1. The van der Waals surface area contributed by atoms with E-state index in [0.29, 0.717) is 0 Å². The molecule has 0 bridgehead atoms. The van der Waals surface area contributed by atoms with Crippen molar-refractivity contribution in [3.63, 3.8) is 0 Å². The van der Waals surface area contributed by atoms with E-state index in [1.165, 1.54) is 5.57 Å². The fraction of sp³-hybridized carbons (Fsp3) is 0.250. The lowest BCUT2D eigenvalue weighted by Crippen LogP contribution is -2.25. The van der Waals surface area contributed by atoms with Crippen LogP contribution in [0.25, 0.3) is 0 Å². The van der Waals surface area contributed by atoms with Gasteiger partial charge in [0, 0.05) is 6.20 Å². The first-order chi connectivity index (χ1) is 4.97. The van der Waals surface area contributed by atoms with Gasteiger partial charge in [-0.05, 0) is 18.1 Å². The molecule has 0 saturated heterocycles. The van der Waals surface area contributed by atoms with E-state index in [9.17, 15) is 0 Å². The Morgan fingerprint density at radius 1 is 1.50 bits per heavy atom. The van der Waals surface area contributed by atoms with E-state index >= 15 is 0 Å². The number of rotatable bonds is 0. The monoisotopic (exact) mass is 133 g/mol. The van der Waals surface area contributed by atoms with Crippen LogP contribution in [0.3, 0.4) is 0 Å². The van der Waals surface area contributed by atoms with Crippen molar-refractivity contribution in [2.24, 2.45) is 0 Å². The Balaban J connectivity index is 2.32. The average molecular weight is 133 g/mol. The van der Waals surface area contributed by atoms with Gasteiger partial charge < -0.3 is 5.32 Å². The normalized spacial score (nSPS) is 21.6. The van der Waals surface area contributed by atoms with Gasteiger partial charge in [0.05, 0.1) is 5.70 Å². The minimum atomic E-state index is 0.725. The van der Waals surface area contributed by atoms with E-state index < -0.39 is 0 Å². The second kappa shape index (κ2) is 2.21. The summed E-state index contributed by atoms with van der Waals surface area (Å²) in [6.07, 6.45) is 9.31. The molecule has 0 saturated carbocycles. The summed E-state index contributed by atoms with van der Waals surface area (Å²) in [6.45, 7) is 0.725. The Bertz CT molecular complexity index is 223. The van der Waals surface area contributed by atoms with Gasteiger partial charge in [-0.1, -0.05) is 12.2 Å². The summed E-state index contributed by atoms with van der Waals surface area (Å²) >= 11 is 0. The molecule has 1 heterocycles.